The lowest BCUT2D eigenvalue weighted by molar-refractivity contribution is 0.0330. The van der Waals surface area contributed by atoms with E-state index < -0.39 is 28.9 Å². The summed E-state index contributed by atoms with van der Waals surface area (Å²) in [5, 5.41) is 0. The first kappa shape index (κ1) is 21.2. The van der Waals surface area contributed by atoms with Gasteiger partial charge in [-0.3, -0.25) is 4.79 Å². The second-order valence-corrected chi connectivity index (χ2v) is 8.17. The second-order valence-electron chi connectivity index (χ2n) is 7.26. The topological polar surface area (TPSA) is 77.8 Å². The molecule has 0 aromatic carbocycles. The number of rotatable bonds is 3. The molecule has 0 spiro atoms. The second kappa shape index (κ2) is 7.59. The number of imide groups is 1. The lowest BCUT2D eigenvalue weighted by Crippen LogP contribution is -2.46. The van der Waals surface area contributed by atoms with Crippen LogP contribution in [0.2, 0.25) is 0 Å². The summed E-state index contributed by atoms with van der Waals surface area (Å²) in [4.78, 5) is 38.3. The molecule has 0 aliphatic heterocycles. The molecular weight excluding hydrogens is 392 g/mol. The zero-order valence-electron chi connectivity index (χ0n) is 15.7. The van der Waals surface area contributed by atoms with E-state index in [2.05, 4.69) is 15.9 Å². The summed E-state index contributed by atoms with van der Waals surface area (Å²) in [7, 11) is 1.52. The number of ether oxygens (including phenoxy) is 2. The number of aryl methyl sites for hydroxylation is 1. The van der Waals surface area contributed by atoms with E-state index in [1.807, 2.05) is 6.92 Å². The van der Waals surface area contributed by atoms with Gasteiger partial charge in [0, 0.05) is 17.7 Å². The van der Waals surface area contributed by atoms with Crippen LogP contribution < -0.4 is 10.5 Å². The fourth-order valence-corrected chi connectivity index (χ4v) is 2.27. The smallest absolute Gasteiger partial charge is 0.424 e. The average Bonchev–Trinajstić information content (AvgIpc) is 2.41. The van der Waals surface area contributed by atoms with Crippen molar-refractivity contribution in [3.05, 3.63) is 27.1 Å². The first-order chi connectivity index (χ1) is 11.3. The van der Waals surface area contributed by atoms with E-state index in [9.17, 15) is 14.4 Å². The lowest BCUT2D eigenvalue weighted by Gasteiger charge is -2.29. The van der Waals surface area contributed by atoms with Crippen molar-refractivity contribution in [1.82, 2.24) is 4.57 Å². The van der Waals surface area contributed by atoms with Crippen molar-refractivity contribution in [3.63, 3.8) is 0 Å². The Morgan fingerprint density at radius 1 is 1.16 bits per heavy atom. The minimum absolute atomic E-state index is 0.150. The Bertz CT molecular complexity index is 719. The highest BCUT2D eigenvalue weighted by Crippen LogP contribution is 2.22. The van der Waals surface area contributed by atoms with Crippen molar-refractivity contribution in [2.24, 2.45) is 7.05 Å². The Balaban J connectivity index is 3.41. The van der Waals surface area contributed by atoms with Gasteiger partial charge in [-0.15, -0.1) is 0 Å². The summed E-state index contributed by atoms with van der Waals surface area (Å²) in [5.41, 5.74) is -2.31. The minimum atomic E-state index is -0.973. The summed E-state index contributed by atoms with van der Waals surface area (Å²) < 4.78 is 12.5. The van der Waals surface area contributed by atoms with Gasteiger partial charge in [-0.05, 0) is 63.0 Å². The van der Waals surface area contributed by atoms with Gasteiger partial charge in [0.1, 0.15) is 16.9 Å². The normalized spacial score (nSPS) is 11.8. The zero-order chi connectivity index (χ0) is 19.6. The van der Waals surface area contributed by atoms with E-state index in [0.29, 0.717) is 15.8 Å². The van der Waals surface area contributed by atoms with Crippen LogP contribution in [0, 0.1) is 0 Å². The number of hydrogen-bond donors (Lipinski definition) is 0. The fourth-order valence-electron chi connectivity index (χ4n) is 1.75. The summed E-state index contributed by atoms with van der Waals surface area (Å²) >= 11 is 3.26. The predicted molar refractivity (Wildman–Crippen MR) is 98.9 cm³/mol. The predicted octanol–water partition coefficient (Wildman–Crippen LogP) is 4.21. The van der Waals surface area contributed by atoms with E-state index in [-0.39, 0.29) is 5.69 Å². The van der Waals surface area contributed by atoms with Crippen LogP contribution in [0.25, 0.3) is 0 Å². The molecular formula is C17H25BrN2O5. The van der Waals surface area contributed by atoms with E-state index in [4.69, 9.17) is 9.47 Å². The third kappa shape index (κ3) is 5.88. The lowest BCUT2D eigenvalue weighted by atomic mass is 10.1. The van der Waals surface area contributed by atoms with E-state index >= 15 is 0 Å². The standard InChI is InChI=1S/C17H25BrN2O5/c1-8-17(5,6)25-15(23)20(14(22)24-16(2,3)4)12-9-11(18)10-19(7)13(12)21/h9-10H,8H2,1-7H3. The van der Waals surface area contributed by atoms with Gasteiger partial charge in [0.05, 0.1) is 0 Å². The molecule has 140 valence electrons. The molecule has 0 saturated carbocycles. The van der Waals surface area contributed by atoms with Crippen molar-refractivity contribution in [2.75, 3.05) is 4.90 Å². The van der Waals surface area contributed by atoms with Gasteiger partial charge in [0.2, 0.25) is 0 Å². The van der Waals surface area contributed by atoms with E-state index in [1.165, 1.54) is 23.9 Å². The molecule has 2 amide bonds. The molecule has 0 bridgehead atoms. The highest BCUT2D eigenvalue weighted by molar-refractivity contribution is 9.10. The summed E-state index contributed by atoms with van der Waals surface area (Å²) in [6, 6.07) is 1.38. The maximum absolute atomic E-state index is 12.7. The molecule has 7 nitrogen and oxygen atoms in total. The molecule has 8 heteroatoms. The third-order valence-corrected chi connectivity index (χ3v) is 3.78. The molecule has 0 unspecified atom stereocenters. The molecule has 1 heterocycles. The molecule has 1 aromatic heterocycles. The fraction of sp³-hybridized carbons (Fsp3) is 0.588. The number of amides is 2. The number of hydrogen-bond acceptors (Lipinski definition) is 5. The van der Waals surface area contributed by atoms with Gasteiger partial charge >= 0.3 is 12.2 Å². The Kier molecular flexibility index (Phi) is 6.44. The van der Waals surface area contributed by atoms with E-state index in [1.54, 1.807) is 34.6 Å². The van der Waals surface area contributed by atoms with Crippen molar-refractivity contribution < 1.29 is 19.1 Å². The molecule has 0 aliphatic carbocycles. The number of anilines is 1. The van der Waals surface area contributed by atoms with Crippen LogP contribution in [0.15, 0.2) is 21.5 Å². The van der Waals surface area contributed by atoms with Crippen molar-refractivity contribution >= 4 is 33.8 Å². The van der Waals surface area contributed by atoms with Crippen molar-refractivity contribution in [2.45, 2.75) is 59.2 Å². The van der Waals surface area contributed by atoms with Gasteiger partial charge in [0.25, 0.3) is 5.56 Å². The number of halogens is 1. The average molecular weight is 417 g/mol. The molecule has 0 aliphatic rings. The minimum Gasteiger partial charge on any atom is -0.443 e. The number of aromatic nitrogens is 1. The molecule has 0 saturated heterocycles. The number of pyridine rings is 1. The largest absolute Gasteiger partial charge is 0.443 e. The first-order valence-corrected chi connectivity index (χ1v) is 8.69. The Morgan fingerprint density at radius 2 is 1.68 bits per heavy atom. The van der Waals surface area contributed by atoms with Gasteiger partial charge in [-0.2, -0.15) is 4.90 Å². The van der Waals surface area contributed by atoms with Crippen LogP contribution in [-0.4, -0.2) is 28.0 Å². The van der Waals surface area contributed by atoms with Gasteiger partial charge in [0.15, 0.2) is 0 Å². The molecule has 1 aromatic rings. The number of carbonyl (C=O) groups is 2. The van der Waals surface area contributed by atoms with Gasteiger partial charge in [-0.25, -0.2) is 9.59 Å². The SMILES string of the molecule is CCC(C)(C)OC(=O)N(C(=O)OC(C)(C)C)c1cc(Br)cn(C)c1=O. The summed E-state index contributed by atoms with van der Waals surface area (Å²) in [6.45, 7) is 10.3. The highest BCUT2D eigenvalue weighted by Gasteiger charge is 2.35. The van der Waals surface area contributed by atoms with Crippen LogP contribution >= 0.6 is 15.9 Å². The van der Waals surface area contributed by atoms with Gasteiger partial charge < -0.3 is 14.0 Å². The third-order valence-electron chi connectivity index (χ3n) is 3.35. The maximum atomic E-state index is 12.7. The molecule has 1 rings (SSSR count). The molecule has 0 N–H and O–H groups in total. The van der Waals surface area contributed by atoms with Crippen LogP contribution in [-0.2, 0) is 16.5 Å². The van der Waals surface area contributed by atoms with Crippen LogP contribution in [0.3, 0.4) is 0 Å². The van der Waals surface area contributed by atoms with Crippen LogP contribution in [0.1, 0.15) is 48.0 Å². The summed E-state index contributed by atoms with van der Waals surface area (Å²) in [5.74, 6) is 0. The molecule has 0 radical (unpaired) electrons. The molecule has 0 fully saturated rings. The van der Waals surface area contributed by atoms with Crippen molar-refractivity contribution in [1.29, 1.82) is 0 Å². The number of nitrogens with zero attached hydrogens (tertiary/aromatic N) is 2. The summed E-state index contributed by atoms with van der Waals surface area (Å²) in [6.07, 6.45) is 0.133. The Labute approximate surface area is 156 Å². The molecule has 25 heavy (non-hydrogen) atoms. The Hall–Kier alpha value is -1.83. The maximum Gasteiger partial charge on any atom is 0.424 e. The first-order valence-electron chi connectivity index (χ1n) is 7.89. The van der Waals surface area contributed by atoms with E-state index in [0.717, 1.165) is 0 Å². The van der Waals surface area contributed by atoms with Crippen molar-refractivity contribution in [3.8, 4) is 0 Å². The number of carbonyl (C=O) groups excluding carboxylic acids is 2. The zero-order valence-corrected chi connectivity index (χ0v) is 17.3. The highest BCUT2D eigenvalue weighted by atomic mass is 79.9. The van der Waals surface area contributed by atoms with Crippen LogP contribution in [0.4, 0.5) is 15.3 Å². The molecule has 0 atom stereocenters. The monoisotopic (exact) mass is 416 g/mol. The Morgan fingerprint density at radius 3 is 2.16 bits per heavy atom. The quantitative estimate of drug-likeness (QED) is 0.736. The van der Waals surface area contributed by atoms with Crippen LogP contribution in [0.5, 0.6) is 0 Å². The van der Waals surface area contributed by atoms with Gasteiger partial charge in [-0.1, -0.05) is 6.92 Å².